The number of hydrogen-bond acceptors (Lipinski definition) is 2. The molecule has 1 rings (SSSR count). The first-order chi connectivity index (χ1) is 8.07. The number of aryl methyl sites for hydroxylation is 1. The van der Waals surface area contributed by atoms with Crippen molar-refractivity contribution in [3.63, 3.8) is 0 Å². The number of rotatable bonds is 5. The molecular weight excluding hydrogens is 248 g/mol. The smallest absolute Gasteiger partial charge is 0.231 e. The molecule has 102 valence electrons. The maximum atomic E-state index is 12.2. The standard InChI is InChI=1S/C14H22N2O.ClH/c1-4-14(5-2,10-15)13(17)16-12-8-6-11(3)7-9-12;/h6-9H,4-5,10,15H2,1-3H3,(H,16,17);1H. The van der Waals surface area contributed by atoms with Crippen molar-refractivity contribution in [3.8, 4) is 0 Å². The van der Waals surface area contributed by atoms with Crippen molar-refractivity contribution in [1.29, 1.82) is 0 Å². The Balaban J connectivity index is 0.00000289. The number of carbonyl (C=O) groups is 1. The molecule has 0 saturated carbocycles. The van der Waals surface area contributed by atoms with Gasteiger partial charge < -0.3 is 11.1 Å². The van der Waals surface area contributed by atoms with Gasteiger partial charge >= 0.3 is 0 Å². The van der Waals surface area contributed by atoms with Gasteiger partial charge in [0.25, 0.3) is 0 Å². The van der Waals surface area contributed by atoms with Crippen LogP contribution in [0.15, 0.2) is 24.3 Å². The highest BCUT2D eigenvalue weighted by atomic mass is 35.5. The van der Waals surface area contributed by atoms with Crippen LogP contribution < -0.4 is 11.1 Å². The minimum Gasteiger partial charge on any atom is -0.329 e. The topological polar surface area (TPSA) is 55.1 Å². The molecule has 0 spiro atoms. The second-order valence-corrected chi connectivity index (χ2v) is 4.51. The average Bonchev–Trinajstić information content (AvgIpc) is 2.35. The van der Waals surface area contributed by atoms with Crippen LogP contribution in [0.25, 0.3) is 0 Å². The van der Waals surface area contributed by atoms with Crippen LogP contribution in [0.1, 0.15) is 32.3 Å². The molecule has 0 radical (unpaired) electrons. The van der Waals surface area contributed by atoms with E-state index < -0.39 is 5.41 Å². The Morgan fingerprint density at radius 2 is 1.72 bits per heavy atom. The number of hydrogen-bond donors (Lipinski definition) is 2. The minimum absolute atomic E-state index is 0. The summed E-state index contributed by atoms with van der Waals surface area (Å²) < 4.78 is 0. The average molecular weight is 271 g/mol. The molecule has 0 unspecified atom stereocenters. The van der Waals surface area contributed by atoms with Gasteiger partial charge in [-0.1, -0.05) is 31.5 Å². The van der Waals surface area contributed by atoms with Gasteiger partial charge in [-0.25, -0.2) is 0 Å². The maximum Gasteiger partial charge on any atom is 0.231 e. The summed E-state index contributed by atoms with van der Waals surface area (Å²) in [6, 6.07) is 7.80. The Morgan fingerprint density at radius 1 is 1.22 bits per heavy atom. The Bertz CT molecular complexity index is 364. The Morgan fingerprint density at radius 3 is 2.11 bits per heavy atom. The van der Waals surface area contributed by atoms with Crippen molar-refractivity contribution in [2.24, 2.45) is 11.1 Å². The third-order valence-corrected chi connectivity index (χ3v) is 3.54. The third kappa shape index (κ3) is 3.72. The number of anilines is 1. The van der Waals surface area contributed by atoms with E-state index in [1.54, 1.807) is 0 Å². The van der Waals surface area contributed by atoms with Crippen molar-refractivity contribution in [2.45, 2.75) is 33.6 Å². The van der Waals surface area contributed by atoms with Gasteiger partial charge in [0.1, 0.15) is 0 Å². The predicted octanol–water partition coefficient (Wildman–Crippen LogP) is 3.12. The Kier molecular flexibility index (Phi) is 6.96. The maximum absolute atomic E-state index is 12.2. The third-order valence-electron chi connectivity index (χ3n) is 3.54. The van der Waals surface area contributed by atoms with Gasteiger partial charge in [-0.05, 0) is 31.9 Å². The second-order valence-electron chi connectivity index (χ2n) is 4.51. The zero-order chi connectivity index (χ0) is 12.9. The normalized spacial score (nSPS) is 10.7. The van der Waals surface area contributed by atoms with Crippen LogP contribution in [0.4, 0.5) is 5.69 Å². The van der Waals surface area contributed by atoms with Crippen LogP contribution in [0, 0.1) is 12.3 Å². The number of nitrogens with one attached hydrogen (secondary N) is 1. The molecule has 0 atom stereocenters. The number of carbonyl (C=O) groups excluding carboxylic acids is 1. The SMILES string of the molecule is CCC(CC)(CN)C(=O)Nc1ccc(C)cc1.Cl. The summed E-state index contributed by atoms with van der Waals surface area (Å²) >= 11 is 0. The molecule has 1 aromatic rings. The van der Waals surface area contributed by atoms with E-state index in [2.05, 4.69) is 5.32 Å². The summed E-state index contributed by atoms with van der Waals surface area (Å²) in [4.78, 5) is 12.2. The predicted molar refractivity (Wildman–Crippen MR) is 79.1 cm³/mol. The van der Waals surface area contributed by atoms with Gasteiger partial charge in [-0.2, -0.15) is 0 Å². The highest BCUT2D eigenvalue weighted by Gasteiger charge is 2.33. The summed E-state index contributed by atoms with van der Waals surface area (Å²) in [6.45, 7) is 6.42. The van der Waals surface area contributed by atoms with Crippen molar-refractivity contribution in [3.05, 3.63) is 29.8 Å². The molecule has 1 amide bonds. The lowest BCUT2D eigenvalue weighted by Crippen LogP contribution is -2.41. The van der Waals surface area contributed by atoms with E-state index in [1.165, 1.54) is 5.56 Å². The number of amides is 1. The molecule has 0 heterocycles. The van der Waals surface area contributed by atoms with Crippen molar-refractivity contribution in [2.75, 3.05) is 11.9 Å². The first-order valence-corrected chi connectivity index (χ1v) is 6.16. The molecule has 0 aliphatic heterocycles. The molecule has 18 heavy (non-hydrogen) atoms. The van der Waals surface area contributed by atoms with Gasteiger partial charge in [-0.15, -0.1) is 12.4 Å². The summed E-state index contributed by atoms with van der Waals surface area (Å²) in [5.41, 5.74) is 7.32. The summed E-state index contributed by atoms with van der Waals surface area (Å²) in [5.74, 6) is 0.0221. The highest BCUT2D eigenvalue weighted by Crippen LogP contribution is 2.26. The van der Waals surface area contributed by atoms with Crippen molar-refractivity contribution in [1.82, 2.24) is 0 Å². The molecule has 0 aromatic heterocycles. The molecule has 0 aliphatic carbocycles. The lowest BCUT2D eigenvalue weighted by atomic mass is 9.81. The summed E-state index contributed by atoms with van der Waals surface area (Å²) in [7, 11) is 0. The van der Waals surface area contributed by atoms with Crippen LogP contribution in [0.3, 0.4) is 0 Å². The van der Waals surface area contributed by atoms with Gasteiger partial charge in [0.15, 0.2) is 0 Å². The van der Waals surface area contributed by atoms with Crippen molar-refractivity contribution >= 4 is 24.0 Å². The van der Waals surface area contributed by atoms with Crippen LogP contribution in [0.2, 0.25) is 0 Å². The lowest BCUT2D eigenvalue weighted by molar-refractivity contribution is -0.125. The molecule has 4 heteroatoms. The quantitative estimate of drug-likeness (QED) is 0.864. The lowest BCUT2D eigenvalue weighted by Gasteiger charge is -2.28. The highest BCUT2D eigenvalue weighted by molar-refractivity contribution is 5.95. The van der Waals surface area contributed by atoms with Crippen LogP contribution in [-0.2, 0) is 4.79 Å². The fourth-order valence-electron chi connectivity index (χ4n) is 1.85. The zero-order valence-corrected chi connectivity index (χ0v) is 12.1. The first-order valence-electron chi connectivity index (χ1n) is 6.16. The molecule has 3 N–H and O–H groups in total. The van der Waals surface area contributed by atoms with Gasteiger partial charge in [0.2, 0.25) is 5.91 Å². The van der Waals surface area contributed by atoms with Crippen LogP contribution in [-0.4, -0.2) is 12.5 Å². The first kappa shape index (κ1) is 16.9. The van der Waals surface area contributed by atoms with Crippen LogP contribution in [0.5, 0.6) is 0 Å². The van der Waals surface area contributed by atoms with E-state index in [1.807, 2.05) is 45.0 Å². The van der Waals surface area contributed by atoms with E-state index in [9.17, 15) is 4.79 Å². The summed E-state index contributed by atoms with van der Waals surface area (Å²) in [5, 5.41) is 2.94. The second kappa shape index (κ2) is 7.39. The van der Waals surface area contributed by atoms with E-state index >= 15 is 0 Å². The van der Waals surface area contributed by atoms with Gasteiger partial charge in [0, 0.05) is 12.2 Å². The van der Waals surface area contributed by atoms with Crippen LogP contribution >= 0.6 is 12.4 Å². The molecule has 1 aromatic carbocycles. The fraction of sp³-hybridized carbons (Fsp3) is 0.500. The molecule has 0 aliphatic rings. The molecule has 0 saturated heterocycles. The Labute approximate surface area is 116 Å². The van der Waals surface area contributed by atoms with Gasteiger partial charge in [0.05, 0.1) is 5.41 Å². The fourth-order valence-corrected chi connectivity index (χ4v) is 1.85. The van der Waals surface area contributed by atoms with E-state index in [-0.39, 0.29) is 18.3 Å². The largest absolute Gasteiger partial charge is 0.329 e. The Hall–Kier alpha value is -1.06. The van der Waals surface area contributed by atoms with Crippen molar-refractivity contribution < 1.29 is 4.79 Å². The molecule has 0 fully saturated rings. The van der Waals surface area contributed by atoms with E-state index in [0.29, 0.717) is 6.54 Å². The molecular formula is C14H23ClN2O. The number of halogens is 1. The van der Waals surface area contributed by atoms with E-state index in [4.69, 9.17) is 5.73 Å². The van der Waals surface area contributed by atoms with E-state index in [0.717, 1.165) is 18.5 Å². The number of nitrogens with two attached hydrogens (primary N) is 1. The number of benzene rings is 1. The summed E-state index contributed by atoms with van der Waals surface area (Å²) in [6.07, 6.45) is 1.52. The molecule has 3 nitrogen and oxygen atoms in total. The zero-order valence-electron chi connectivity index (χ0n) is 11.3. The molecule has 0 bridgehead atoms. The monoisotopic (exact) mass is 270 g/mol. The minimum atomic E-state index is -0.440. The van der Waals surface area contributed by atoms with Gasteiger partial charge in [-0.3, -0.25) is 4.79 Å².